The minimum Gasteiger partial charge on any atom is -0.354 e. The van der Waals surface area contributed by atoms with Gasteiger partial charge >= 0.3 is 0 Å². The molecule has 0 saturated carbocycles. The van der Waals surface area contributed by atoms with Gasteiger partial charge in [0.25, 0.3) is 0 Å². The Kier molecular flexibility index (Phi) is 3.00. The maximum absolute atomic E-state index is 6.04. The van der Waals surface area contributed by atoms with Crippen LogP contribution < -0.4 is 4.90 Å². The molecule has 2 aromatic heterocycles. The number of nitrogens with one attached hydrogen (secondary N) is 1. The maximum atomic E-state index is 6.04. The van der Waals surface area contributed by atoms with Crippen LogP contribution in [0.2, 0.25) is 5.28 Å². The molecular formula is C13H17ClN6. The second-order valence-corrected chi connectivity index (χ2v) is 5.92. The van der Waals surface area contributed by atoms with Gasteiger partial charge in [-0.15, -0.1) is 0 Å². The third-order valence-electron chi connectivity index (χ3n) is 4.37. The minimum absolute atomic E-state index is 0.282. The van der Waals surface area contributed by atoms with E-state index in [4.69, 9.17) is 11.6 Å². The number of anilines is 1. The maximum Gasteiger partial charge on any atom is 0.226 e. The van der Waals surface area contributed by atoms with Gasteiger partial charge in [0.15, 0.2) is 5.65 Å². The number of H-pyrrole nitrogens is 1. The molecule has 0 aromatic carbocycles. The van der Waals surface area contributed by atoms with E-state index in [0.29, 0.717) is 11.7 Å². The van der Waals surface area contributed by atoms with E-state index in [-0.39, 0.29) is 5.28 Å². The number of halogens is 1. The van der Waals surface area contributed by atoms with E-state index in [0.717, 1.165) is 30.7 Å². The smallest absolute Gasteiger partial charge is 0.226 e. The molecular weight excluding hydrogens is 276 g/mol. The minimum atomic E-state index is 0.282. The Bertz CT molecular complexity index is 626. The molecule has 1 atom stereocenters. The molecule has 1 N–H and O–H groups in total. The van der Waals surface area contributed by atoms with E-state index < -0.39 is 0 Å². The van der Waals surface area contributed by atoms with Crippen LogP contribution in [0.5, 0.6) is 0 Å². The lowest BCUT2D eigenvalue weighted by Gasteiger charge is -2.26. The molecule has 20 heavy (non-hydrogen) atoms. The topological polar surface area (TPSA) is 60.9 Å². The summed E-state index contributed by atoms with van der Waals surface area (Å²) < 4.78 is 0. The van der Waals surface area contributed by atoms with Crippen molar-refractivity contribution < 1.29 is 0 Å². The zero-order valence-electron chi connectivity index (χ0n) is 11.2. The van der Waals surface area contributed by atoms with E-state index in [9.17, 15) is 0 Å². The number of hydrogen-bond acceptors (Lipinski definition) is 5. The van der Waals surface area contributed by atoms with Gasteiger partial charge in [-0.2, -0.15) is 15.1 Å². The SMILES string of the molecule is Clc1nc(N2CCCN3CCCC3C2)c2cn[nH]c2n1. The van der Waals surface area contributed by atoms with Gasteiger partial charge in [0.05, 0.1) is 11.6 Å². The molecule has 2 aliphatic rings. The van der Waals surface area contributed by atoms with Crippen molar-refractivity contribution in [1.82, 2.24) is 25.1 Å². The standard InChI is InChI=1S/C13H17ClN6/c14-13-16-11-10(7-15-18-11)12(17-13)20-6-2-5-19-4-1-3-9(19)8-20/h7,9H,1-6,8H2,(H,15,16,17,18). The Labute approximate surface area is 122 Å². The Balaban J connectivity index is 1.72. The number of rotatable bonds is 1. The lowest BCUT2D eigenvalue weighted by molar-refractivity contribution is 0.273. The Morgan fingerprint density at radius 3 is 3.05 bits per heavy atom. The molecule has 0 radical (unpaired) electrons. The highest BCUT2D eigenvalue weighted by atomic mass is 35.5. The predicted octanol–water partition coefficient (Wildman–Crippen LogP) is 1.68. The van der Waals surface area contributed by atoms with Crippen LogP contribution in [0.3, 0.4) is 0 Å². The van der Waals surface area contributed by atoms with Gasteiger partial charge in [0, 0.05) is 25.7 Å². The van der Waals surface area contributed by atoms with Gasteiger partial charge in [-0.3, -0.25) is 10.00 Å². The van der Waals surface area contributed by atoms with Crippen LogP contribution in [0.25, 0.3) is 11.0 Å². The van der Waals surface area contributed by atoms with Crippen LogP contribution in [0.4, 0.5) is 5.82 Å². The molecule has 2 aromatic rings. The Morgan fingerprint density at radius 2 is 2.10 bits per heavy atom. The second kappa shape index (κ2) is 4.86. The number of fused-ring (bicyclic) bond motifs is 2. The van der Waals surface area contributed by atoms with Gasteiger partial charge in [-0.25, -0.2) is 0 Å². The largest absolute Gasteiger partial charge is 0.354 e. The third-order valence-corrected chi connectivity index (χ3v) is 4.53. The van der Waals surface area contributed by atoms with Gasteiger partial charge in [-0.1, -0.05) is 0 Å². The summed E-state index contributed by atoms with van der Waals surface area (Å²) in [6, 6.07) is 0.646. The van der Waals surface area contributed by atoms with E-state index >= 15 is 0 Å². The molecule has 2 saturated heterocycles. The molecule has 6 nitrogen and oxygen atoms in total. The zero-order valence-corrected chi connectivity index (χ0v) is 12.0. The predicted molar refractivity (Wildman–Crippen MR) is 78.1 cm³/mol. The van der Waals surface area contributed by atoms with Crippen molar-refractivity contribution in [2.45, 2.75) is 25.3 Å². The molecule has 0 amide bonds. The lowest BCUT2D eigenvalue weighted by atomic mass is 10.2. The quantitative estimate of drug-likeness (QED) is 0.810. The van der Waals surface area contributed by atoms with Crippen LogP contribution >= 0.6 is 11.6 Å². The second-order valence-electron chi connectivity index (χ2n) is 5.58. The third kappa shape index (κ3) is 2.03. The fraction of sp³-hybridized carbons (Fsp3) is 0.615. The summed E-state index contributed by atoms with van der Waals surface area (Å²) in [7, 11) is 0. The average Bonchev–Trinajstić information content (AvgIpc) is 3.02. The van der Waals surface area contributed by atoms with E-state index in [1.807, 2.05) is 0 Å². The zero-order chi connectivity index (χ0) is 13.5. The molecule has 7 heteroatoms. The Morgan fingerprint density at radius 1 is 1.20 bits per heavy atom. The molecule has 2 aliphatic heterocycles. The van der Waals surface area contributed by atoms with Crippen molar-refractivity contribution in [2.24, 2.45) is 0 Å². The Hall–Kier alpha value is -1.40. The summed E-state index contributed by atoms with van der Waals surface area (Å²) in [4.78, 5) is 13.6. The first-order valence-electron chi connectivity index (χ1n) is 7.17. The van der Waals surface area contributed by atoms with Crippen molar-refractivity contribution in [2.75, 3.05) is 31.1 Å². The monoisotopic (exact) mass is 292 g/mol. The summed E-state index contributed by atoms with van der Waals surface area (Å²) >= 11 is 6.04. The highest BCUT2D eigenvalue weighted by Gasteiger charge is 2.30. The van der Waals surface area contributed by atoms with E-state index in [1.165, 1.54) is 25.9 Å². The van der Waals surface area contributed by atoms with Crippen molar-refractivity contribution >= 4 is 28.5 Å². The van der Waals surface area contributed by atoms with Crippen LogP contribution in [0.15, 0.2) is 6.20 Å². The van der Waals surface area contributed by atoms with Gasteiger partial charge in [0.2, 0.25) is 5.28 Å². The highest BCUT2D eigenvalue weighted by molar-refractivity contribution is 6.28. The summed E-state index contributed by atoms with van der Waals surface area (Å²) in [5.41, 5.74) is 0.715. The van der Waals surface area contributed by atoms with Gasteiger partial charge in [-0.05, 0) is 37.4 Å². The molecule has 0 aliphatic carbocycles. The molecule has 0 spiro atoms. The first-order valence-corrected chi connectivity index (χ1v) is 7.55. The van der Waals surface area contributed by atoms with E-state index in [2.05, 4.69) is 30.0 Å². The highest BCUT2D eigenvalue weighted by Crippen LogP contribution is 2.28. The molecule has 4 rings (SSSR count). The number of aromatic nitrogens is 4. The molecule has 106 valence electrons. The average molecular weight is 293 g/mol. The number of hydrogen-bond donors (Lipinski definition) is 1. The summed E-state index contributed by atoms with van der Waals surface area (Å²) in [5, 5.41) is 8.18. The van der Waals surface area contributed by atoms with Crippen LogP contribution in [0.1, 0.15) is 19.3 Å². The summed E-state index contributed by atoms with van der Waals surface area (Å²) in [6.07, 6.45) is 5.55. The van der Waals surface area contributed by atoms with Gasteiger partial charge in [0.1, 0.15) is 5.82 Å². The summed E-state index contributed by atoms with van der Waals surface area (Å²) in [5.74, 6) is 0.919. The van der Waals surface area contributed by atoms with Crippen molar-refractivity contribution in [3.8, 4) is 0 Å². The fourth-order valence-electron chi connectivity index (χ4n) is 3.43. The van der Waals surface area contributed by atoms with Crippen molar-refractivity contribution in [3.05, 3.63) is 11.5 Å². The van der Waals surface area contributed by atoms with Crippen molar-refractivity contribution in [3.63, 3.8) is 0 Å². The van der Waals surface area contributed by atoms with Crippen LogP contribution in [-0.4, -0.2) is 57.3 Å². The van der Waals surface area contributed by atoms with E-state index in [1.54, 1.807) is 6.20 Å². The van der Waals surface area contributed by atoms with Gasteiger partial charge < -0.3 is 4.90 Å². The first kappa shape index (κ1) is 12.3. The van der Waals surface area contributed by atoms with Crippen LogP contribution in [0, 0.1) is 0 Å². The number of aromatic amines is 1. The molecule has 4 heterocycles. The molecule has 1 unspecified atom stereocenters. The number of nitrogens with zero attached hydrogens (tertiary/aromatic N) is 5. The summed E-state index contributed by atoms with van der Waals surface area (Å²) in [6.45, 7) is 4.47. The van der Waals surface area contributed by atoms with Crippen molar-refractivity contribution in [1.29, 1.82) is 0 Å². The first-order chi connectivity index (χ1) is 9.81. The lowest BCUT2D eigenvalue weighted by Crippen LogP contribution is -2.37. The fourth-order valence-corrected chi connectivity index (χ4v) is 3.60. The van der Waals surface area contributed by atoms with Crippen LogP contribution in [-0.2, 0) is 0 Å². The normalized spacial score (nSPS) is 24.1. The molecule has 2 fully saturated rings. The molecule has 0 bridgehead atoms.